The van der Waals surface area contributed by atoms with E-state index < -0.39 is 46.2 Å². The van der Waals surface area contributed by atoms with E-state index in [9.17, 15) is 24.0 Å². The number of nitrogens with zero attached hydrogens (tertiary/aromatic N) is 3. The van der Waals surface area contributed by atoms with Crippen LogP contribution in [0.5, 0.6) is 5.75 Å². The van der Waals surface area contributed by atoms with Crippen LogP contribution in [0.1, 0.15) is 34.1 Å². The molecule has 0 radical (unpaired) electrons. The van der Waals surface area contributed by atoms with Crippen molar-refractivity contribution in [2.75, 3.05) is 18.6 Å². The number of thioether (sulfide) groups is 1. The molecule has 0 spiro atoms. The fourth-order valence-corrected chi connectivity index (χ4v) is 7.86. The Labute approximate surface area is 304 Å². The average molecular weight is 736 g/mol. The van der Waals surface area contributed by atoms with Crippen molar-refractivity contribution in [3.8, 4) is 5.75 Å². The molecule has 2 atom stereocenters. The van der Waals surface area contributed by atoms with Crippen LogP contribution in [-0.2, 0) is 30.6 Å². The summed E-state index contributed by atoms with van der Waals surface area (Å²) >= 11 is 2.30. The number of hydrogen-bond acceptors (Lipinski definition) is 13. The largest absolute Gasteiger partial charge is 0.484 e. The molecule has 262 valence electrons. The van der Waals surface area contributed by atoms with Crippen molar-refractivity contribution >= 4 is 57.3 Å². The monoisotopic (exact) mass is 735 g/mol. The molecule has 0 bridgehead atoms. The standard InChI is InChI=1S/C37H29N5O8S2/c1-48-41-26(24-19-52-37(38)39-24)33(45)40-27-34(46)42-28(36(47)50-31(21-13-7-3-8-14-21)22-15-9-4-10-16-22)23(18-51-35(27)42)25-29(43)30(44)32(25)49-17-20-11-5-2-6-12-20/h2-16,19,27,31,35H,17-18H2,1H3,(H2,38,39)(H,40,45)/b41-26+/t27?,35-/m1/s1. The van der Waals surface area contributed by atoms with E-state index in [1.165, 1.54) is 29.2 Å². The highest BCUT2D eigenvalue weighted by Crippen LogP contribution is 2.45. The van der Waals surface area contributed by atoms with Crippen molar-refractivity contribution in [2.24, 2.45) is 5.16 Å². The number of carbonyl (C=O) groups excluding carboxylic acids is 3. The maximum absolute atomic E-state index is 14.4. The number of nitrogens with two attached hydrogens (primary N) is 1. The van der Waals surface area contributed by atoms with Gasteiger partial charge in [-0.25, -0.2) is 9.78 Å². The Bertz CT molecular complexity index is 2250. The van der Waals surface area contributed by atoms with Crippen LogP contribution in [-0.4, -0.2) is 57.7 Å². The van der Waals surface area contributed by atoms with Gasteiger partial charge in [-0.1, -0.05) is 96.2 Å². The number of fused-ring (bicyclic) bond motifs is 1. The Balaban J connectivity index is 1.25. The van der Waals surface area contributed by atoms with Gasteiger partial charge in [-0.05, 0) is 16.7 Å². The van der Waals surface area contributed by atoms with E-state index in [0.29, 0.717) is 11.1 Å². The van der Waals surface area contributed by atoms with Gasteiger partial charge in [0.05, 0.1) is 5.56 Å². The number of thiazole rings is 1. The lowest BCUT2D eigenvalue weighted by Crippen LogP contribution is -2.71. The molecule has 4 aromatic carbocycles. The number of nitrogens with one attached hydrogen (secondary N) is 1. The summed E-state index contributed by atoms with van der Waals surface area (Å²) in [6, 6.07) is 26.1. The Morgan fingerprint density at radius 1 is 0.962 bits per heavy atom. The fourth-order valence-electron chi connectivity index (χ4n) is 5.96. The number of anilines is 1. The normalized spacial score (nSPS) is 17.1. The quantitative estimate of drug-likeness (QED) is 0.0631. The van der Waals surface area contributed by atoms with Gasteiger partial charge in [-0.15, -0.1) is 23.1 Å². The molecular formula is C37H29N5O8S2. The number of rotatable bonds is 12. The second-order valence-corrected chi connectivity index (χ2v) is 13.6. The van der Waals surface area contributed by atoms with Crippen molar-refractivity contribution in [3.05, 3.63) is 150 Å². The van der Waals surface area contributed by atoms with Crippen LogP contribution < -0.4 is 26.6 Å². The molecule has 2 aliphatic heterocycles. The number of nitrogen functional groups attached to an aromatic ring is 1. The molecule has 1 saturated heterocycles. The van der Waals surface area contributed by atoms with Gasteiger partial charge in [0.25, 0.3) is 17.2 Å². The third-order valence-electron chi connectivity index (χ3n) is 8.43. The molecule has 52 heavy (non-hydrogen) atoms. The first-order valence-corrected chi connectivity index (χ1v) is 17.8. The fraction of sp³-hybridized carbons (Fsp3) is 0.162. The minimum absolute atomic E-state index is 0.00163. The summed E-state index contributed by atoms with van der Waals surface area (Å²) in [6.07, 6.45) is -0.886. The number of carbonyl (C=O) groups is 3. The number of β-lactam (4-membered cyclic amide) rings is 1. The van der Waals surface area contributed by atoms with Gasteiger partial charge < -0.3 is 25.4 Å². The molecular weight excluding hydrogens is 707 g/mol. The van der Waals surface area contributed by atoms with E-state index in [0.717, 1.165) is 16.9 Å². The van der Waals surface area contributed by atoms with Crippen molar-refractivity contribution in [1.82, 2.24) is 15.2 Å². The summed E-state index contributed by atoms with van der Waals surface area (Å²) in [5, 5.41) is 7.41. The van der Waals surface area contributed by atoms with Crippen LogP contribution in [0.3, 0.4) is 0 Å². The molecule has 5 aromatic rings. The van der Waals surface area contributed by atoms with Crippen LogP contribution in [0.2, 0.25) is 0 Å². The first-order valence-electron chi connectivity index (χ1n) is 15.9. The Morgan fingerprint density at radius 3 is 2.19 bits per heavy atom. The van der Waals surface area contributed by atoms with Gasteiger partial charge in [0.1, 0.15) is 36.5 Å². The Kier molecular flexibility index (Phi) is 9.69. The molecule has 3 heterocycles. The second-order valence-electron chi connectivity index (χ2n) is 11.6. The van der Waals surface area contributed by atoms with Crippen molar-refractivity contribution < 1.29 is 28.7 Å². The van der Waals surface area contributed by atoms with E-state index in [1.807, 2.05) is 54.6 Å². The third-order valence-corrected chi connectivity index (χ3v) is 10.4. The molecule has 7 rings (SSSR count). The molecule has 0 aliphatic carbocycles. The molecule has 3 N–H and O–H groups in total. The maximum atomic E-state index is 14.4. The lowest BCUT2D eigenvalue weighted by atomic mass is 9.95. The molecule has 1 fully saturated rings. The number of amides is 2. The van der Waals surface area contributed by atoms with Gasteiger partial charge in [-0.3, -0.25) is 24.1 Å². The van der Waals surface area contributed by atoms with E-state index in [4.69, 9.17) is 20.0 Å². The van der Waals surface area contributed by atoms with Crippen molar-refractivity contribution in [2.45, 2.75) is 24.1 Å². The first-order chi connectivity index (χ1) is 25.3. The summed E-state index contributed by atoms with van der Waals surface area (Å²) in [5.74, 6) is -2.49. The van der Waals surface area contributed by atoms with Crippen LogP contribution in [0.25, 0.3) is 5.57 Å². The number of oxime groups is 1. The topological polar surface area (TPSA) is 180 Å². The lowest BCUT2D eigenvalue weighted by molar-refractivity contribution is -0.154. The number of benzene rings is 3. The van der Waals surface area contributed by atoms with E-state index in [-0.39, 0.29) is 51.5 Å². The number of ether oxygens (including phenoxy) is 2. The van der Waals surface area contributed by atoms with Gasteiger partial charge in [0.15, 0.2) is 22.7 Å². The molecule has 1 aromatic heterocycles. The average Bonchev–Trinajstić information content (AvgIpc) is 3.62. The number of hydrogen-bond donors (Lipinski definition) is 2. The number of aromatic nitrogens is 1. The summed E-state index contributed by atoms with van der Waals surface area (Å²) in [6.45, 7) is -0.00163. The summed E-state index contributed by atoms with van der Waals surface area (Å²) in [7, 11) is 1.26. The van der Waals surface area contributed by atoms with E-state index in [2.05, 4.69) is 15.5 Å². The Morgan fingerprint density at radius 2 is 1.60 bits per heavy atom. The Hall–Kier alpha value is -6.06. The summed E-state index contributed by atoms with van der Waals surface area (Å²) in [5.41, 5.74) is 5.94. The maximum Gasteiger partial charge on any atom is 0.356 e. The van der Waals surface area contributed by atoms with Crippen molar-refractivity contribution in [3.63, 3.8) is 0 Å². The number of esters is 1. The molecule has 2 amide bonds. The zero-order valence-electron chi connectivity index (χ0n) is 27.4. The van der Waals surface area contributed by atoms with Gasteiger partial charge >= 0.3 is 5.97 Å². The lowest BCUT2D eigenvalue weighted by Gasteiger charge is -2.49. The summed E-state index contributed by atoms with van der Waals surface area (Å²) in [4.78, 5) is 78.0. The SMILES string of the molecule is CO/N=C(/C(=O)NC1C(=O)N2C(C(=O)OC(c3ccccc3)c3ccccc3)=C(c3c(OCc4ccccc4)c(=O)c3=O)CS[C@H]12)c1csc(N)n1. The zero-order chi connectivity index (χ0) is 36.4. The third kappa shape index (κ3) is 6.47. The van der Waals surface area contributed by atoms with E-state index >= 15 is 0 Å². The smallest absolute Gasteiger partial charge is 0.356 e. The zero-order valence-corrected chi connectivity index (χ0v) is 29.0. The summed E-state index contributed by atoms with van der Waals surface area (Å²) < 4.78 is 12.0. The van der Waals surface area contributed by atoms with Crippen LogP contribution >= 0.6 is 23.1 Å². The molecule has 0 saturated carbocycles. The van der Waals surface area contributed by atoms with Crippen LogP contribution in [0.15, 0.2) is 117 Å². The minimum atomic E-state index is -1.10. The highest BCUT2D eigenvalue weighted by molar-refractivity contribution is 8.00. The van der Waals surface area contributed by atoms with Gasteiger partial charge in [0.2, 0.25) is 5.43 Å². The second kappa shape index (κ2) is 14.7. The molecule has 13 nitrogen and oxygen atoms in total. The first kappa shape index (κ1) is 34.4. The highest BCUT2D eigenvalue weighted by atomic mass is 32.2. The van der Waals surface area contributed by atoms with Crippen LogP contribution in [0.4, 0.5) is 5.13 Å². The van der Waals surface area contributed by atoms with Gasteiger partial charge in [0, 0.05) is 16.7 Å². The molecule has 1 unspecified atom stereocenters. The predicted octanol–water partition coefficient (Wildman–Crippen LogP) is 3.39. The highest BCUT2D eigenvalue weighted by Gasteiger charge is 2.56. The van der Waals surface area contributed by atoms with E-state index in [1.54, 1.807) is 36.4 Å². The molecule has 2 aliphatic rings. The van der Waals surface area contributed by atoms with Crippen LogP contribution in [0, 0.1) is 0 Å². The predicted molar refractivity (Wildman–Crippen MR) is 195 cm³/mol. The minimum Gasteiger partial charge on any atom is -0.484 e. The van der Waals surface area contributed by atoms with Crippen molar-refractivity contribution in [1.29, 1.82) is 0 Å². The molecule has 15 heteroatoms. The van der Waals surface area contributed by atoms with Gasteiger partial charge in [-0.2, -0.15) is 0 Å².